The van der Waals surface area contributed by atoms with Crippen LogP contribution in [0.1, 0.15) is 32.8 Å². The molecule has 0 aliphatic carbocycles. The van der Waals surface area contributed by atoms with Gasteiger partial charge in [0.05, 0.1) is 10.5 Å². The number of hydrogen-bond acceptors (Lipinski definition) is 5. The molecule has 1 aliphatic rings. The van der Waals surface area contributed by atoms with Crippen LogP contribution in [0.3, 0.4) is 0 Å². The molecule has 0 bridgehead atoms. The Labute approximate surface area is 160 Å². The third-order valence-electron chi connectivity index (χ3n) is 4.51. The summed E-state index contributed by atoms with van der Waals surface area (Å²) in [6.07, 6.45) is 0. The number of hydrogen-bond donors (Lipinski definition) is 1. The molecule has 1 aliphatic heterocycles. The third-order valence-corrected chi connectivity index (χ3v) is 5.38. The number of anilines is 1. The highest BCUT2D eigenvalue weighted by Crippen LogP contribution is 2.42. The fourth-order valence-electron chi connectivity index (χ4n) is 3.29. The lowest BCUT2D eigenvalue weighted by atomic mass is 10.00. The van der Waals surface area contributed by atoms with Gasteiger partial charge in [-0.15, -0.1) is 11.3 Å². The predicted octanol–water partition coefficient (Wildman–Crippen LogP) is 4.74. The van der Waals surface area contributed by atoms with Crippen LogP contribution >= 0.6 is 11.3 Å². The van der Waals surface area contributed by atoms with Crippen LogP contribution in [0, 0.1) is 13.8 Å². The second-order valence-corrected chi connectivity index (χ2v) is 7.38. The van der Waals surface area contributed by atoms with E-state index in [0.717, 1.165) is 5.56 Å². The van der Waals surface area contributed by atoms with Crippen molar-refractivity contribution in [1.29, 1.82) is 0 Å². The highest BCUT2D eigenvalue weighted by molar-refractivity contribution is 7.12. The average molecular weight is 379 g/mol. The van der Waals surface area contributed by atoms with Crippen LogP contribution in [-0.2, 0) is 4.79 Å². The van der Waals surface area contributed by atoms with E-state index in [1.807, 2.05) is 25.1 Å². The monoisotopic (exact) mass is 379 g/mol. The van der Waals surface area contributed by atoms with Gasteiger partial charge in [-0.2, -0.15) is 0 Å². The van der Waals surface area contributed by atoms with E-state index in [-0.39, 0.29) is 11.4 Å². The highest BCUT2D eigenvalue weighted by atomic mass is 32.1. The maximum atomic E-state index is 13.1. The zero-order valence-corrected chi connectivity index (χ0v) is 15.6. The molecule has 0 saturated carbocycles. The van der Waals surface area contributed by atoms with Gasteiger partial charge in [0.1, 0.15) is 17.6 Å². The normalized spacial score (nSPS) is 17.0. The Balaban J connectivity index is 1.88. The van der Waals surface area contributed by atoms with Gasteiger partial charge in [0.2, 0.25) is 5.78 Å². The molecule has 3 aromatic rings. The molecule has 27 heavy (non-hydrogen) atoms. The molecule has 0 saturated heterocycles. The Morgan fingerprint density at radius 1 is 1.15 bits per heavy atom. The number of amides is 1. The van der Waals surface area contributed by atoms with Gasteiger partial charge in [-0.1, -0.05) is 18.2 Å². The summed E-state index contributed by atoms with van der Waals surface area (Å²) in [6, 6.07) is 13.5. The topological polar surface area (TPSA) is 70.8 Å². The predicted molar refractivity (Wildman–Crippen MR) is 103 cm³/mol. The van der Waals surface area contributed by atoms with Crippen molar-refractivity contribution in [3.63, 3.8) is 0 Å². The molecule has 1 aromatic carbocycles. The summed E-state index contributed by atoms with van der Waals surface area (Å²) in [6.45, 7) is 3.71. The molecule has 2 aromatic heterocycles. The van der Waals surface area contributed by atoms with E-state index in [0.29, 0.717) is 22.1 Å². The summed E-state index contributed by atoms with van der Waals surface area (Å²) >= 11 is 1.27. The first-order valence-corrected chi connectivity index (χ1v) is 9.33. The molecule has 1 unspecified atom stereocenters. The van der Waals surface area contributed by atoms with Crippen molar-refractivity contribution in [2.24, 2.45) is 0 Å². The van der Waals surface area contributed by atoms with Crippen molar-refractivity contribution in [1.82, 2.24) is 0 Å². The number of aliphatic hydroxyl groups is 1. The maximum Gasteiger partial charge on any atom is 0.294 e. The van der Waals surface area contributed by atoms with Gasteiger partial charge < -0.3 is 9.52 Å². The quantitative estimate of drug-likeness (QED) is 0.665. The van der Waals surface area contributed by atoms with Crippen molar-refractivity contribution in [2.75, 3.05) is 4.90 Å². The lowest BCUT2D eigenvalue weighted by Crippen LogP contribution is -2.30. The number of benzene rings is 1. The van der Waals surface area contributed by atoms with Crippen LogP contribution in [-0.4, -0.2) is 16.8 Å². The van der Waals surface area contributed by atoms with Crippen LogP contribution < -0.4 is 4.90 Å². The molecule has 0 radical (unpaired) electrons. The SMILES string of the molecule is Cc1cccc(N2C(=O)C(O)=C(C(=O)c3cccs3)C2c2ccc(C)o2)c1. The average Bonchev–Trinajstić information content (AvgIpc) is 3.36. The van der Waals surface area contributed by atoms with Crippen molar-refractivity contribution >= 4 is 28.7 Å². The molecule has 0 spiro atoms. The van der Waals surface area contributed by atoms with E-state index < -0.39 is 17.7 Å². The number of Topliss-reactive ketones (excluding diaryl/α,β-unsaturated/α-hetero) is 1. The number of aryl methyl sites for hydroxylation is 2. The lowest BCUT2D eigenvalue weighted by molar-refractivity contribution is -0.117. The number of carbonyl (C=O) groups excluding carboxylic acids is 2. The Morgan fingerprint density at radius 3 is 2.59 bits per heavy atom. The molecule has 5 nitrogen and oxygen atoms in total. The number of aliphatic hydroxyl groups excluding tert-OH is 1. The van der Waals surface area contributed by atoms with Gasteiger partial charge in [-0.25, -0.2) is 0 Å². The van der Waals surface area contributed by atoms with Crippen LogP contribution in [0.15, 0.2) is 69.7 Å². The Hall–Kier alpha value is -3.12. The van der Waals surface area contributed by atoms with E-state index in [9.17, 15) is 14.7 Å². The molecule has 1 amide bonds. The summed E-state index contributed by atoms with van der Waals surface area (Å²) in [5.41, 5.74) is 1.60. The van der Waals surface area contributed by atoms with Crippen LogP contribution in [0.5, 0.6) is 0 Å². The Kier molecular flexibility index (Phi) is 4.20. The molecular weight excluding hydrogens is 362 g/mol. The molecule has 136 valence electrons. The zero-order valence-electron chi connectivity index (χ0n) is 14.8. The standard InChI is InChI=1S/C21H17NO4S/c1-12-5-3-6-14(11-12)22-18(15-9-8-13(2)26-15)17(20(24)21(22)25)19(23)16-7-4-10-27-16/h3-11,18,24H,1-2H3. The smallest absolute Gasteiger partial charge is 0.294 e. The minimum atomic E-state index is -0.817. The first kappa shape index (κ1) is 17.3. The molecule has 1 atom stereocenters. The van der Waals surface area contributed by atoms with Crippen LogP contribution in [0.4, 0.5) is 5.69 Å². The number of thiophene rings is 1. The summed E-state index contributed by atoms with van der Waals surface area (Å²) in [5, 5.41) is 12.4. The molecule has 0 fully saturated rings. The van der Waals surface area contributed by atoms with E-state index >= 15 is 0 Å². The van der Waals surface area contributed by atoms with Gasteiger partial charge in [0.15, 0.2) is 5.76 Å². The summed E-state index contributed by atoms with van der Waals surface area (Å²) in [7, 11) is 0. The lowest BCUT2D eigenvalue weighted by Gasteiger charge is -2.25. The third kappa shape index (κ3) is 2.88. The van der Waals surface area contributed by atoms with Gasteiger partial charge in [-0.05, 0) is 55.1 Å². The van der Waals surface area contributed by atoms with Crippen molar-refractivity contribution in [3.8, 4) is 0 Å². The second kappa shape index (κ2) is 6.55. The molecule has 6 heteroatoms. The van der Waals surface area contributed by atoms with Crippen molar-refractivity contribution in [2.45, 2.75) is 19.9 Å². The van der Waals surface area contributed by atoms with E-state index in [1.165, 1.54) is 16.2 Å². The summed E-state index contributed by atoms with van der Waals surface area (Å²) in [4.78, 5) is 27.9. The zero-order chi connectivity index (χ0) is 19.1. The molecular formula is C21H17NO4S. The van der Waals surface area contributed by atoms with E-state index in [1.54, 1.807) is 42.6 Å². The first-order valence-electron chi connectivity index (χ1n) is 8.45. The van der Waals surface area contributed by atoms with Gasteiger partial charge in [0, 0.05) is 5.69 Å². The number of rotatable bonds is 4. The number of nitrogens with zero attached hydrogens (tertiary/aromatic N) is 1. The summed E-state index contributed by atoms with van der Waals surface area (Å²) in [5.74, 6) is -0.416. The van der Waals surface area contributed by atoms with Crippen LogP contribution in [0.25, 0.3) is 0 Å². The fourth-order valence-corrected chi connectivity index (χ4v) is 3.97. The fraction of sp³-hybridized carbons (Fsp3) is 0.143. The maximum absolute atomic E-state index is 13.1. The Bertz CT molecular complexity index is 1060. The van der Waals surface area contributed by atoms with Crippen LogP contribution in [0.2, 0.25) is 0 Å². The minimum Gasteiger partial charge on any atom is -0.503 e. The largest absolute Gasteiger partial charge is 0.503 e. The highest BCUT2D eigenvalue weighted by Gasteiger charge is 2.46. The number of furan rings is 1. The van der Waals surface area contributed by atoms with E-state index in [2.05, 4.69) is 0 Å². The first-order chi connectivity index (χ1) is 13.0. The molecule has 3 heterocycles. The van der Waals surface area contributed by atoms with Gasteiger partial charge in [0.25, 0.3) is 5.91 Å². The van der Waals surface area contributed by atoms with Crippen molar-refractivity contribution in [3.05, 3.63) is 87.2 Å². The molecule has 4 rings (SSSR count). The number of carbonyl (C=O) groups is 2. The second-order valence-electron chi connectivity index (χ2n) is 6.43. The molecule has 1 N–H and O–H groups in total. The summed E-state index contributed by atoms with van der Waals surface area (Å²) < 4.78 is 5.76. The minimum absolute atomic E-state index is 0.0401. The van der Waals surface area contributed by atoms with Gasteiger partial charge in [-0.3, -0.25) is 14.5 Å². The van der Waals surface area contributed by atoms with Crippen molar-refractivity contribution < 1.29 is 19.1 Å². The Morgan fingerprint density at radius 2 is 1.96 bits per heavy atom. The van der Waals surface area contributed by atoms with Gasteiger partial charge >= 0.3 is 0 Å². The van der Waals surface area contributed by atoms with E-state index in [4.69, 9.17) is 4.42 Å². The number of ketones is 1.